The summed E-state index contributed by atoms with van der Waals surface area (Å²) in [5, 5.41) is 1.78. The molecular weight excluding hydrogens is 324 g/mol. The van der Waals surface area contributed by atoms with Gasteiger partial charge in [0, 0.05) is 37.9 Å². The highest BCUT2D eigenvalue weighted by Gasteiger charge is 1.96. The second-order valence-electron chi connectivity index (χ2n) is 4.47. The van der Waals surface area contributed by atoms with Crippen LogP contribution in [-0.4, -0.2) is 9.13 Å². The smallest absolute Gasteiger partial charge is 0.258 e. The van der Waals surface area contributed by atoms with E-state index in [0.717, 1.165) is 10.8 Å². The predicted octanol–water partition coefficient (Wildman–Crippen LogP) is 5.00. The normalized spacial score (nSPS) is 8.31. The van der Waals surface area contributed by atoms with Gasteiger partial charge in [0.25, 0.3) is 5.56 Å². The molecule has 0 aliphatic heterocycles. The van der Waals surface area contributed by atoms with E-state index in [4.69, 9.17) is 0 Å². The number of aryl methyl sites for hydroxylation is 2. The fraction of sp³-hybridized carbons (Fsp3) is 0.364. The van der Waals surface area contributed by atoms with E-state index in [0.29, 0.717) is 0 Å². The van der Waals surface area contributed by atoms with Crippen LogP contribution in [0.15, 0.2) is 70.5 Å². The number of rotatable bonds is 0. The Bertz CT molecular complexity index is 833. The molecule has 2 heterocycles. The van der Waals surface area contributed by atoms with Gasteiger partial charge in [0.15, 0.2) is 0 Å². The van der Waals surface area contributed by atoms with Crippen LogP contribution in [0.25, 0.3) is 10.8 Å². The van der Waals surface area contributed by atoms with Crippen LogP contribution < -0.4 is 11.1 Å². The van der Waals surface area contributed by atoms with E-state index in [1.54, 1.807) is 37.1 Å². The molecule has 144 valence electrons. The van der Waals surface area contributed by atoms with Crippen molar-refractivity contribution < 1.29 is 0 Å². The summed E-state index contributed by atoms with van der Waals surface area (Å²) in [5.74, 6) is 0. The van der Waals surface area contributed by atoms with Crippen molar-refractivity contribution in [2.45, 2.75) is 41.5 Å². The topological polar surface area (TPSA) is 44.0 Å². The lowest BCUT2D eigenvalue weighted by Gasteiger charge is -1.98. The van der Waals surface area contributed by atoms with Crippen molar-refractivity contribution in [2.24, 2.45) is 14.1 Å². The maximum Gasteiger partial charge on any atom is 0.258 e. The predicted molar refractivity (Wildman–Crippen MR) is 115 cm³/mol. The number of nitrogens with zero attached hydrogens (tertiary/aromatic N) is 2. The highest BCUT2D eigenvalue weighted by Crippen LogP contribution is 2.06. The van der Waals surface area contributed by atoms with Gasteiger partial charge in [-0.2, -0.15) is 0 Å². The van der Waals surface area contributed by atoms with Crippen LogP contribution >= 0.6 is 0 Å². The van der Waals surface area contributed by atoms with Gasteiger partial charge in [0.1, 0.15) is 0 Å². The van der Waals surface area contributed by atoms with Crippen LogP contribution in [0.2, 0.25) is 0 Å². The summed E-state index contributed by atoms with van der Waals surface area (Å²) in [7, 11) is 3.48. The Morgan fingerprint density at radius 2 is 1.15 bits per heavy atom. The van der Waals surface area contributed by atoms with Crippen molar-refractivity contribution in [1.29, 1.82) is 0 Å². The standard InChI is InChI=1S/C10H9NO.C6H7NO.3C2H6/c1-11-7-6-8-4-2-3-5-9(8)10(11)12;1-7-5-3-2-4-6(7)8;3*1-2/h2-7H,1H3;2-5H,1H3;3*1-2H3. The first kappa shape index (κ1) is 25.6. The van der Waals surface area contributed by atoms with Gasteiger partial charge in [0.05, 0.1) is 0 Å². The minimum atomic E-state index is 0.0347. The summed E-state index contributed by atoms with van der Waals surface area (Å²) in [4.78, 5) is 22.1. The molecule has 0 N–H and O–H groups in total. The van der Waals surface area contributed by atoms with E-state index in [1.165, 1.54) is 10.6 Å². The van der Waals surface area contributed by atoms with Crippen molar-refractivity contribution in [3.63, 3.8) is 0 Å². The lowest BCUT2D eigenvalue weighted by Crippen LogP contribution is -2.15. The highest BCUT2D eigenvalue weighted by molar-refractivity contribution is 5.81. The van der Waals surface area contributed by atoms with Crippen LogP contribution in [0.3, 0.4) is 0 Å². The molecule has 0 aliphatic rings. The summed E-state index contributed by atoms with van der Waals surface area (Å²) in [6, 6.07) is 14.6. The fourth-order valence-electron chi connectivity index (χ4n) is 1.79. The fourth-order valence-corrected chi connectivity index (χ4v) is 1.79. The molecule has 2 aromatic heterocycles. The zero-order valence-electron chi connectivity index (χ0n) is 17.5. The van der Waals surface area contributed by atoms with E-state index < -0.39 is 0 Å². The van der Waals surface area contributed by atoms with Gasteiger partial charge >= 0.3 is 0 Å². The monoisotopic (exact) mass is 358 g/mol. The molecule has 0 radical (unpaired) electrons. The second kappa shape index (κ2) is 15.9. The van der Waals surface area contributed by atoms with Crippen LogP contribution in [0.5, 0.6) is 0 Å². The second-order valence-corrected chi connectivity index (χ2v) is 4.47. The van der Waals surface area contributed by atoms with Crippen molar-refractivity contribution in [3.8, 4) is 0 Å². The van der Waals surface area contributed by atoms with Gasteiger partial charge in [-0.25, -0.2) is 0 Å². The van der Waals surface area contributed by atoms with Gasteiger partial charge in [-0.1, -0.05) is 65.8 Å². The molecule has 1 aromatic carbocycles. The third kappa shape index (κ3) is 8.47. The number of benzene rings is 1. The molecule has 4 nitrogen and oxygen atoms in total. The number of aromatic nitrogens is 2. The first-order chi connectivity index (χ1) is 12.6. The molecule has 0 saturated carbocycles. The summed E-state index contributed by atoms with van der Waals surface area (Å²) in [5.41, 5.74) is 0.0978. The Kier molecular flexibility index (Phi) is 15.6. The summed E-state index contributed by atoms with van der Waals surface area (Å²) >= 11 is 0. The molecule has 0 amide bonds. The molecule has 0 saturated heterocycles. The maximum atomic E-state index is 11.5. The Labute approximate surface area is 157 Å². The van der Waals surface area contributed by atoms with Crippen molar-refractivity contribution in [2.75, 3.05) is 0 Å². The zero-order chi connectivity index (χ0) is 20.5. The molecule has 26 heavy (non-hydrogen) atoms. The van der Waals surface area contributed by atoms with E-state index in [-0.39, 0.29) is 11.1 Å². The average molecular weight is 359 g/mol. The minimum absolute atomic E-state index is 0.0347. The Morgan fingerprint density at radius 3 is 1.65 bits per heavy atom. The first-order valence-electron chi connectivity index (χ1n) is 9.25. The van der Waals surface area contributed by atoms with Gasteiger partial charge in [-0.15, -0.1) is 0 Å². The largest absolute Gasteiger partial charge is 0.319 e. The SMILES string of the molecule is CC.CC.CC.Cn1ccc2ccccc2c1=O.Cn1ccccc1=O. The quantitative estimate of drug-likeness (QED) is 0.567. The van der Waals surface area contributed by atoms with Crippen molar-refractivity contribution >= 4 is 10.8 Å². The van der Waals surface area contributed by atoms with Gasteiger partial charge in [0.2, 0.25) is 5.56 Å². The highest BCUT2D eigenvalue weighted by atomic mass is 16.1. The zero-order valence-corrected chi connectivity index (χ0v) is 17.5. The maximum absolute atomic E-state index is 11.5. The molecule has 0 bridgehead atoms. The van der Waals surface area contributed by atoms with Crippen LogP contribution in [0, 0.1) is 0 Å². The number of pyridine rings is 2. The molecule has 0 unspecified atom stereocenters. The van der Waals surface area contributed by atoms with E-state index in [1.807, 2.05) is 77.9 Å². The van der Waals surface area contributed by atoms with Crippen LogP contribution in [-0.2, 0) is 14.1 Å². The number of fused-ring (bicyclic) bond motifs is 1. The lowest BCUT2D eigenvalue weighted by atomic mass is 10.2. The van der Waals surface area contributed by atoms with E-state index in [9.17, 15) is 9.59 Å². The molecule has 4 heteroatoms. The van der Waals surface area contributed by atoms with Crippen LogP contribution in [0.4, 0.5) is 0 Å². The van der Waals surface area contributed by atoms with Gasteiger partial charge < -0.3 is 9.13 Å². The Hall–Kier alpha value is -2.62. The van der Waals surface area contributed by atoms with E-state index >= 15 is 0 Å². The molecule has 3 aromatic rings. The molecule has 0 fully saturated rings. The van der Waals surface area contributed by atoms with Crippen molar-refractivity contribution in [3.05, 3.63) is 81.6 Å². The summed E-state index contributed by atoms with van der Waals surface area (Å²) in [6.07, 6.45) is 3.51. The van der Waals surface area contributed by atoms with Crippen molar-refractivity contribution in [1.82, 2.24) is 9.13 Å². The van der Waals surface area contributed by atoms with Gasteiger partial charge in [-0.05, 0) is 23.6 Å². The van der Waals surface area contributed by atoms with E-state index in [2.05, 4.69) is 0 Å². The lowest BCUT2D eigenvalue weighted by molar-refractivity contribution is 0.860. The number of hydrogen-bond acceptors (Lipinski definition) is 2. The van der Waals surface area contributed by atoms with Gasteiger partial charge in [-0.3, -0.25) is 9.59 Å². The Balaban J connectivity index is 0. The number of hydrogen-bond donors (Lipinski definition) is 0. The minimum Gasteiger partial charge on any atom is -0.319 e. The third-order valence-corrected chi connectivity index (χ3v) is 3.00. The third-order valence-electron chi connectivity index (χ3n) is 3.00. The average Bonchev–Trinajstić information content (AvgIpc) is 2.72. The first-order valence-corrected chi connectivity index (χ1v) is 9.25. The molecule has 3 rings (SSSR count). The molecule has 0 spiro atoms. The van der Waals surface area contributed by atoms with Crippen LogP contribution in [0.1, 0.15) is 41.5 Å². The summed E-state index contributed by atoms with van der Waals surface area (Å²) < 4.78 is 3.11. The molecular formula is C22H34N2O2. The molecule has 0 atom stereocenters. The summed E-state index contributed by atoms with van der Waals surface area (Å²) in [6.45, 7) is 12.0. The molecule has 0 aliphatic carbocycles. The Morgan fingerprint density at radius 1 is 0.615 bits per heavy atom.